The summed E-state index contributed by atoms with van der Waals surface area (Å²) in [5.74, 6) is 0.933. The van der Waals surface area contributed by atoms with Gasteiger partial charge in [0.2, 0.25) is 5.91 Å². The van der Waals surface area contributed by atoms with E-state index in [0.717, 1.165) is 16.8 Å². The van der Waals surface area contributed by atoms with E-state index < -0.39 is 0 Å². The van der Waals surface area contributed by atoms with Crippen molar-refractivity contribution in [3.8, 4) is 11.6 Å². The fraction of sp³-hybridized carbons (Fsp3) is 0.375. The van der Waals surface area contributed by atoms with Crippen LogP contribution in [0.25, 0.3) is 11.6 Å². The summed E-state index contributed by atoms with van der Waals surface area (Å²) in [6, 6.07) is 1.98. The van der Waals surface area contributed by atoms with Gasteiger partial charge in [0.05, 0.1) is 25.2 Å². The minimum absolute atomic E-state index is 0.103. The molecule has 3 aromatic rings. The molecule has 0 saturated carbocycles. The summed E-state index contributed by atoms with van der Waals surface area (Å²) in [5, 5.41) is 12.4. The second-order valence-corrected chi connectivity index (χ2v) is 6.68. The third-order valence-electron chi connectivity index (χ3n) is 4.20. The number of hydrogen-bond acceptors (Lipinski definition) is 7. The fourth-order valence-electron chi connectivity index (χ4n) is 2.96. The highest BCUT2D eigenvalue weighted by Gasteiger charge is 2.32. The van der Waals surface area contributed by atoms with Crippen LogP contribution in [0.2, 0.25) is 0 Å². The maximum Gasteiger partial charge on any atom is 0.278 e. The van der Waals surface area contributed by atoms with Gasteiger partial charge in [0.1, 0.15) is 6.61 Å². The molecule has 0 aliphatic carbocycles. The molecular formula is C16H17N5O3S. The van der Waals surface area contributed by atoms with Crippen molar-refractivity contribution in [2.75, 3.05) is 7.11 Å². The van der Waals surface area contributed by atoms with Crippen molar-refractivity contribution in [3.05, 3.63) is 39.5 Å². The van der Waals surface area contributed by atoms with Crippen molar-refractivity contribution in [1.29, 1.82) is 0 Å². The first kappa shape index (κ1) is 16.0. The SMILES string of the molecule is COCc1noc(-c2nn(C)c3c2CN(C(=O)Cc2ccsc2)C3)n1. The minimum atomic E-state index is 0.103. The van der Waals surface area contributed by atoms with Crippen molar-refractivity contribution in [2.24, 2.45) is 7.05 Å². The predicted molar refractivity (Wildman–Crippen MR) is 89.5 cm³/mol. The third-order valence-corrected chi connectivity index (χ3v) is 4.93. The van der Waals surface area contributed by atoms with Crippen LogP contribution < -0.4 is 0 Å². The molecule has 0 spiro atoms. The van der Waals surface area contributed by atoms with Gasteiger partial charge in [-0.2, -0.15) is 21.4 Å². The van der Waals surface area contributed by atoms with Crippen LogP contribution in [0.1, 0.15) is 22.6 Å². The van der Waals surface area contributed by atoms with Gasteiger partial charge >= 0.3 is 0 Å². The maximum atomic E-state index is 12.6. The highest BCUT2D eigenvalue weighted by atomic mass is 32.1. The van der Waals surface area contributed by atoms with Crippen molar-refractivity contribution in [2.45, 2.75) is 26.1 Å². The van der Waals surface area contributed by atoms with E-state index in [1.54, 1.807) is 23.1 Å². The van der Waals surface area contributed by atoms with E-state index in [2.05, 4.69) is 15.2 Å². The van der Waals surface area contributed by atoms with Gasteiger partial charge in [0, 0.05) is 19.7 Å². The topological polar surface area (TPSA) is 86.3 Å². The lowest BCUT2D eigenvalue weighted by Crippen LogP contribution is -2.27. The summed E-state index contributed by atoms with van der Waals surface area (Å²) < 4.78 is 12.1. The molecule has 130 valence electrons. The van der Waals surface area contributed by atoms with Crippen molar-refractivity contribution < 1.29 is 14.1 Å². The molecule has 0 aromatic carbocycles. The lowest BCUT2D eigenvalue weighted by molar-refractivity contribution is -0.131. The quantitative estimate of drug-likeness (QED) is 0.690. The largest absolute Gasteiger partial charge is 0.377 e. The molecule has 8 nitrogen and oxygen atoms in total. The number of carbonyl (C=O) groups excluding carboxylic acids is 1. The number of fused-ring (bicyclic) bond motifs is 1. The van der Waals surface area contributed by atoms with Crippen LogP contribution in [-0.2, 0) is 42.7 Å². The van der Waals surface area contributed by atoms with Crippen LogP contribution in [-0.4, -0.2) is 37.8 Å². The average molecular weight is 359 g/mol. The van der Waals surface area contributed by atoms with Crippen molar-refractivity contribution >= 4 is 17.2 Å². The van der Waals surface area contributed by atoms with E-state index in [-0.39, 0.29) is 12.5 Å². The maximum absolute atomic E-state index is 12.6. The second-order valence-electron chi connectivity index (χ2n) is 5.90. The Bertz CT molecular complexity index is 899. The molecule has 3 aromatic heterocycles. The van der Waals surface area contributed by atoms with E-state index in [1.165, 1.54) is 0 Å². The van der Waals surface area contributed by atoms with Crippen LogP contribution in [0.3, 0.4) is 0 Å². The number of nitrogens with zero attached hydrogens (tertiary/aromatic N) is 5. The first-order valence-corrected chi connectivity index (χ1v) is 8.75. The number of aryl methyl sites for hydroxylation is 1. The summed E-state index contributed by atoms with van der Waals surface area (Å²) in [5.41, 5.74) is 3.65. The van der Waals surface area contributed by atoms with Crippen LogP contribution in [0, 0.1) is 0 Å². The van der Waals surface area contributed by atoms with Crippen LogP contribution in [0.15, 0.2) is 21.3 Å². The van der Waals surface area contributed by atoms with E-state index in [4.69, 9.17) is 9.26 Å². The van der Waals surface area contributed by atoms with Gasteiger partial charge in [-0.15, -0.1) is 0 Å². The van der Waals surface area contributed by atoms with Gasteiger partial charge in [-0.05, 0) is 22.4 Å². The van der Waals surface area contributed by atoms with Crippen LogP contribution in [0.4, 0.5) is 0 Å². The van der Waals surface area contributed by atoms with E-state index in [9.17, 15) is 4.79 Å². The van der Waals surface area contributed by atoms with Gasteiger partial charge in [-0.3, -0.25) is 9.48 Å². The first-order chi connectivity index (χ1) is 12.2. The summed E-state index contributed by atoms with van der Waals surface area (Å²) >= 11 is 1.60. The summed E-state index contributed by atoms with van der Waals surface area (Å²) in [6.45, 7) is 1.33. The molecule has 1 aliphatic rings. The number of hydrogen-bond donors (Lipinski definition) is 0. The number of thiophene rings is 1. The monoisotopic (exact) mass is 359 g/mol. The van der Waals surface area contributed by atoms with Crippen LogP contribution in [0.5, 0.6) is 0 Å². The lowest BCUT2D eigenvalue weighted by atomic mass is 10.2. The molecule has 0 atom stereocenters. The smallest absolute Gasteiger partial charge is 0.278 e. The summed E-state index contributed by atoms with van der Waals surface area (Å²) in [6.07, 6.45) is 0.415. The van der Waals surface area contributed by atoms with Crippen molar-refractivity contribution in [1.82, 2.24) is 24.8 Å². The zero-order valence-electron chi connectivity index (χ0n) is 13.9. The zero-order chi connectivity index (χ0) is 17.4. The fourth-order valence-corrected chi connectivity index (χ4v) is 3.63. The molecule has 4 rings (SSSR count). The number of amides is 1. The molecular weight excluding hydrogens is 342 g/mol. The molecule has 0 bridgehead atoms. The number of carbonyl (C=O) groups is 1. The summed E-state index contributed by atoms with van der Waals surface area (Å²) in [7, 11) is 3.44. The number of methoxy groups -OCH3 is 1. The Morgan fingerprint density at radius 2 is 2.32 bits per heavy atom. The number of aromatic nitrogens is 4. The Morgan fingerprint density at radius 1 is 1.44 bits per heavy atom. The first-order valence-electron chi connectivity index (χ1n) is 7.81. The number of rotatable bonds is 5. The van der Waals surface area contributed by atoms with Gasteiger partial charge in [0.25, 0.3) is 5.89 Å². The molecule has 0 radical (unpaired) electrons. The molecule has 0 unspecified atom stereocenters. The molecule has 4 heterocycles. The Hall–Kier alpha value is -2.52. The molecule has 25 heavy (non-hydrogen) atoms. The zero-order valence-corrected chi connectivity index (χ0v) is 14.7. The molecule has 0 N–H and O–H groups in total. The Labute approximate surface area is 148 Å². The third kappa shape index (κ3) is 2.96. The standard InChI is InChI=1S/C16H17N5O3S/c1-20-12-7-21(14(22)5-10-3-4-25-9-10)6-11(12)15(18-20)16-17-13(8-23-2)19-24-16/h3-4,9H,5-8H2,1-2H3. The average Bonchev–Trinajstić information content (AvgIpc) is 3.34. The van der Waals surface area contributed by atoms with E-state index in [1.807, 2.05) is 28.8 Å². The molecule has 1 amide bonds. The van der Waals surface area contributed by atoms with Crippen molar-refractivity contribution in [3.63, 3.8) is 0 Å². The highest BCUT2D eigenvalue weighted by molar-refractivity contribution is 7.08. The molecule has 0 saturated heterocycles. The van der Waals surface area contributed by atoms with Crippen LogP contribution >= 0.6 is 11.3 Å². The van der Waals surface area contributed by atoms with Gasteiger partial charge < -0.3 is 14.2 Å². The van der Waals surface area contributed by atoms with Gasteiger partial charge in [-0.25, -0.2) is 0 Å². The Kier molecular flexibility index (Phi) is 4.10. The van der Waals surface area contributed by atoms with E-state index in [0.29, 0.717) is 36.9 Å². The minimum Gasteiger partial charge on any atom is -0.377 e. The highest BCUT2D eigenvalue weighted by Crippen LogP contribution is 2.31. The Morgan fingerprint density at radius 3 is 3.08 bits per heavy atom. The predicted octanol–water partition coefficient (Wildman–Crippen LogP) is 1.76. The summed E-state index contributed by atoms with van der Waals surface area (Å²) in [4.78, 5) is 18.7. The Balaban J connectivity index is 1.55. The van der Waals surface area contributed by atoms with Gasteiger partial charge in [-0.1, -0.05) is 5.16 Å². The molecule has 0 fully saturated rings. The van der Waals surface area contributed by atoms with Gasteiger partial charge in [0.15, 0.2) is 11.5 Å². The van der Waals surface area contributed by atoms with E-state index >= 15 is 0 Å². The lowest BCUT2D eigenvalue weighted by Gasteiger charge is -2.15. The number of ether oxygens (including phenoxy) is 1. The normalized spacial score (nSPS) is 13.4. The molecule has 1 aliphatic heterocycles. The second kappa shape index (κ2) is 6.41. The molecule has 9 heteroatoms.